The van der Waals surface area contributed by atoms with E-state index >= 15 is 0 Å². The summed E-state index contributed by atoms with van der Waals surface area (Å²) in [6, 6.07) is 14.8. The molecule has 0 saturated carbocycles. The number of carbonyl (C=O) groups is 2. The van der Waals surface area contributed by atoms with Crippen LogP contribution in [-0.4, -0.2) is 21.4 Å². The molecule has 2 amide bonds. The van der Waals surface area contributed by atoms with E-state index in [1.54, 1.807) is 43.3 Å². The molecule has 0 unspecified atom stereocenters. The first-order chi connectivity index (χ1) is 15.0. The van der Waals surface area contributed by atoms with Crippen molar-refractivity contribution in [2.24, 2.45) is 0 Å². The van der Waals surface area contributed by atoms with Gasteiger partial charge in [-0.15, -0.1) is 11.3 Å². The Hall–Kier alpha value is -3.98. The monoisotopic (exact) mass is 434 g/mol. The highest BCUT2D eigenvalue weighted by Crippen LogP contribution is 2.19. The molecular formula is C22H18N4O4S. The minimum Gasteiger partial charge on any atom is -0.322 e. The van der Waals surface area contributed by atoms with E-state index in [0.717, 1.165) is 4.57 Å². The molecule has 0 bridgehead atoms. The SMILES string of the molecule is CCn1c(=O)[nH]c2cc(C(=O)Nc3cccc(NC(=O)c4cccs4)c3)ccc2c1=O. The molecule has 0 aliphatic heterocycles. The third kappa shape index (κ3) is 4.17. The van der Waals surface area contributed by atoms with Crippen LogP contribution in [0.3, 0.4) is 0 Å². The number of carbonyl (C=O) groups excluding carboxylic acids is 2. The van der Waals surface area contributed by atoms with E-state index in [-0.39, 0.29) is 18.0 Å². The minimum absolute atomic E-state index is 0.227. The van der Waals surface area contributed by atoms with Gasteiger partial charge in [0.15, 0.2) is 0 Å². The van der Waals surface area contributed by atoms with Crippen LogP contribution in [0.15, 0.2) is 69.6 Å². The number of nitrogens with one attached hydrogen (secondary N) is 3. The number of H-pyrrole nitrogens is 1. The molecule has 0 radical (unpaired) electrons. The van der Waals surface area contributed by atoms with Crippen molar-refractivity contribution < 1.29 is 9.59 Å². The molecule has 2 aromatic carbocycles. The Kier molecular flexibility index (Phi) is 5.50. The highest BCUT2D eigenvalue weighted by atomic mass is 32.1. The predicted molar refractivity (Wildman–Crippen MR) is 121 cm³/mol. The Balaban J connectivity index is 1.55. The smallest absolute Gasteiger partial charge is 0.322 e. The molecule has 8 nitrogen and oxygen atoms in total. The summed E-state index contributed by atoms with van der Waals surface area (Å²) >= 11 is 1.34. The van der Waals surface area contributed by atoms with Crippen LogP contribution in [0, 0.1) is 0 Å². The molecular weight excluding hydrogens is 416 g/mol. The lowest BCUT2D eigenvalue weighted by atomic mass is 10.1. The van der Waals surface area contributed by atoms with Gasteiger partial charge in [0.05, 0.1) is 15.8 Å². The Morgan fingerprint density at radius 1 is 0.968 bits per heavy atom. The maximum absolute atomic E-state index is 12.7. The van der Waals surface area contributed by atoms with Gasteiger partial charge in [0.1, 0.15) is 0 Å². The summed E-state index contributed by atoms with van der Waals surface area (Å²) in [5, 5.41) is 7.70. The average molecular weight is 434 g/mol. The van der Waals surface area contributed by atoms with Crippen molar-refractivity contribution >= 4 is 45.4 Å². The molecule has 0 saturated heterocycles. The van der Waals surface area contributed by atoms with Gasteiger partial charge in [-0.25, -0.2) is 4.79 Å². The highest BCUT2D eigenvalue weighted by Gasteiger charge is 2.12. The van der Waals surface area contributed by atoms with Crippen LogP contribution in [0.5, 0.6) is 0 Å². The number of hydrogen-bond donors (Lipinski definition) is 3. The number of thiophene rings is 1. The molecule has 2 aromatic heterocycles. The zero-order chi connectivity index (χ0) is 22.0. The number of rotatable bonds is 5. The molecule has 0 aliphatic carbocycles. The molecule has 0 aliphatic rings. The number of nitrogens with zero attached hydrogens (tertiary/aromatic N) is 1. The summed E-state index contributed by atoms with van der Waals surface area (Å²) in [7, 11) is 0. The first-order valence-electron chi connectivity index (χ1n) is 9.49. The van der Waals surface area contributed by atoms with Crippen LogP contribution in [-0.2, 0) is 6.54 Å². The van der Waals surface area contributed by atoms with Crippen LogP contribution in [0.25, 0.3) is 10.9 Å². The van der Waals surface area contributed by atoms with E-state index in [9.17, 15) is 19.2 Å². The van der Waals surface area contributed by atoms with E-state index in [0.29, 0.717) is 27.2 Å². The number of benzene rings is 2. The summed E-state index contributed by atoms with van der Waals surface area (Å²) in [6.07, 6.45) is 0. The van der Waals surface area contributed by atoms with E-state index in [4.69, 9.17) is 0 Å². The number of aromatic amines is 1. The Bertz CT molecular complexity index is 1400. The largest absolute Gasteiger partial charge is 0.328 e. The van der Waals surface area contributed by atoms with Crippen molar-refractivity contribution in [3.8, 4) is 0 Å². The zero-order valence-corrected chi connectivity index (χ0v) is 17.3. The molecule has 2 heterocycles. The molecule has 4 aromatic rings. The van der Waals surface area contributed by atoms with Gasteiger partial charge in [-0.1, -0.05) is 12.1 Å². The molecule has 9 heteroatoms. The lowest BCUT2D eigenvalue weighted by molar-refractivity contribution is 0.102. The number of aromatic nitrogens is 2. The van der Waals surface area contributed by atoms with E-state index < -0.39 is 17.2 Å². The van der Waals surface area contributed by atoms with Crippen LogP contribution in [0.1, 0.15) is 27.0 Å². The number of anilines is 2. The fourth-order valence-electron chi connectivity index (χ4n) is 3.16. The van der Waals surface area contributed by atoms with Crippen molar-refractivity contribution in [2.75, 3.05) is 10.6 Å². The molecule has 4 rings (SSSR count). The molecule has 156 valence electrons. The Morgan fingerprint density at radius 2 is 1.71 bits per heavy atom. The van der Waals surface area contributed by atoms with Gasteiger partial charge in [0.25, 0.3) is 17.4 Å². The Morgan fingerprint density at radius 3 is 2.39 bits per heavy atom. The third-order valence-electron chi connectivity index (χ3n) is 4.68. The third-order valence-corrected chi connectivity index (χ3v) is 5.55. The van der Waals surface area contributed by atoms with Crippen molar-refractivity contribution in [1.29, 1.82) is 0 Å². The summed E-state index contributed by atoms with van der Waals surface area (Å²) in [5.74, 6) is -0.640. The van der Waals surface area contributed by atoms with Crippen LogP contribution >= 0.6 is 11.3 Å². The zero-order valence-electron chi connectivity index (χ0n) is 16.5. The summed E-state index contributed by atoms with van der Waals surface area (Å²) in [5.41, 5.74) is 0.686. The van der Waals surface area contributed by atoms with Crippen molar-refractivity contribution in [3.05, 3.63) is 91.3 Å². The highest BCUT2D eigenvalue weighted by molar-refractivity contribution is 7.12. The van der Waals surface area contributed by atoms with Crippen molar-refractivity contribution in [1.82, 2.24) is 9.55 Å². The summed E-state index contributed by atoms with van der Waals surface area (Å²) in [6.45, 7) is 1.97. The number of fused-ring (bicyclic) bond motifs is 1. The Labute approximate surface area is 180 Å². The summed E-state index contributed by atoms with van der Waals surface area (Å²) in [4.78, 5) is 52.5. The number of amides is 2. The van der Waals surface area contributed by atoms with Gasteiger partial charge in [-0.05, 0) is 54.8 Å². The predicted octanol–water partition coefficient (Wildman–Crippen LogP) is 3.28. The standard InChI is InChI=1S/C22H18N4O4S/c1-2-26-21(29)16-9-8-13(11-17(16)25-22(26)30)19(27)23-14-5-3-6-15(12-14)24-20(28)18-7-4-10-31-18/h3-12H,2H2,1H3,(H,23,27)(H,24,28)(H,25,30). The first-order valence-corrected chi connectivity index (χ1v) is 10.4. The second-order valence-electron chi connectivity index (χ2n) is 6.71. The molecule has 0 fully saturated rings. The van der Waals surface area contributed by atoms with Gasteiger partial charge in [0.2, 0.25) is 0 Å². The molecule has 31 heavy (non-hydrogen) atoms. The van der Waals surface area contributed by atoms with Crippen LogP contribution in [0.4, 0.5) is 11.4 Å². The minimum atomic E-state index is -0.522. The van der Waals surface area contributed by atoms with Gasteiger partial charge < -0.3 is 15.6 Å². The van der Waals surface area contributed by atoms with Crippen molar-refractivity contribution in [2.45, 2.75) is 13.5 Å². The van der Waals surface area contributed by atoms with Gasteiger partial charge >= 0.3 is 5.69 Å². The van der Waals surface area contributed by atoms with E-state index in [1.165, 1.54) is 29.5 Å². The van der Waals surface area contributed by atoms with Crippen LogP contribution in [0.2, 0.25) is 0 Å². The summed E-state index contributed by atoms with van der Waals surface area (Å²) < 4.78 is 1.10. The molecule has 0 atom stereocenters. The van der Waals surface area contributed by atoms with Gasteiger partial charge in [-0.3, -0.25) is 19.0 Å². The average Bonchev–Trinajstić information content (AvgIpc) is 3.29. The van der Waals surface area contributed by atoms with Crippen LogP contribution < -0.4 is 21.9 Å². The van der Waals surface area contributed by atoms with E-state index in [2.05, 4.69) is 15.6 Å². The number of hydrogen-bond acceptors (Lipinski definition) is 5. The van der Waals surface area contributed by atoms with Crippen molar-refractivity contribution in [3.63, 3.8) is 0 Å². The normalized spacial score (nSPS) is 10.7. The second kappa shape index (κ2) is 8.41. The van der Waals surface area contributed by atoms with Gasteiger partial charge in [0, 0.05) is 23.5 Å². The first kappa shape index (κ1) is 20.3. The second-order valence-corrected chi connectivity index (χ2v) is 7.65. The fourth-order valence-corrected chi connectivity index (χ4v) is 3.78. The lowest BCUT2D eigenvalue weighted by Crippen LogP contribution is -2.34. The van der Waals surface area contributed by atoms with Gasteiger partial charge in [-0.2, -0.15) is 0 Å². The maximum Gasteiger partial charge on any atom is 0.328 e. The fraction of sp³-hybridized carbons (Fsp3) is 0.0909. The topological polar surface area (TPSA) is 113 Å². The van der Waals surface area contributed by atoms with E-state index in [1.807, 2.05) is 5.38 Å². The lowest BCUT2D eigenvalue weighted by Gasteiger charge is -2.09. The quantitative estimate of drug-likeness (QED) is 0.447. The molecule has 0 spiro atoms. The maximum atomic E-state index is 12.7. The molecule has 3 N–H and O–H groups in total.